The van der Waals surface area contributed by atoms with Crippen molar-refractivity contribution in [3.63, 3.8) is 0 Å². The number of rotatable bonds is 4. The van der Waals surface area contributed by atoms with Crippen molar-refractivity contribution in [3.05, 3.63) is 11.9 Å². The van der Waals surface area contributed by atoms with Gasteiger partial charge >= 0.3 is 0 Å². The van der Waals surface area contributed by atoms with Crippen LogP contribution >= 0.6 is 0 Å². The Morgan fingerprint density at radius 3 is 2.56 bits per heavy atom. The Kier molecular flexibility index (Phi) is 3.70. The molecule has 1 rings (SSSR count). The minimum atomic E-state index is 0.0617. The van der Waals surface area contributed by atoms with Crippen molar-refractivity contribution >= 4 is 11.6 Å². The molecule has 0 spiro atoms. The van der Waals surface area contributed by atoms with E-state index in [0.717, 1.165) is 17.9 Å². The van der Waals surface area contributed by atoms with Crippen molar-refractivity contribution in [2.24, 2.45) is 0 Å². The lowest BCUT2D eigenvalue weighted by molar-refractivity contribution is 0.210. The van der Waals surface area contributed by atoms with E-state index in [4.69, 9.17) is 5.73 Å². The minimum Gasteiger partial charge on any atom is -0.383 e. The zero-order chi connectivity index (χ0) is 12.3. The van der Waals surface area contributed by atoms with E-state index in [2.05, 4.69) is 48.1 Å². The summed E-state index contributed by atoms with van der Waals surface area (Å²) in [7, 11) is 4.12. The van der Waals surface area contributed by atoms with Crippen LogP contribution in [0.25, 0.3) is 0 Å². The number of aromatic nitrogens is 2. The lowest BCUT2D eigenvalue weighted by atomic mass is 10.0. The maximum atomic E-state index is 5.72. The normalized spacial score (nSPS) is 11.9. The fourth-order valence-corrected chi connectivity index (χ4v) is 1.10. The van der Waals surface area contributed by atoms with Gasteiger partial charge in [0.1, 0.15) is 18.0 Å². The van der Waals surface area contributed by atoms with Gasteiger partial charge in [0.2, 0.25) is 0 Å². The molecule has 0 unspecified atom stereocenters. The molecule has 5 heteroatoms. The third-order valence-electron chi connectivity index (χ3n) is 3.02. The molecule has 0 fully saturated rings. The highest BCUT2D eigenvalue weighted by molar-refractivity contribution is 5.53. The summed E-state index contributed by atoms with van der Waals surface area (Å²) >= 11 is 0. The van der Waals surface area contributed by atoms with Gasteiger partial charge in [0.15, 0.2) is 0 Å². The van der Waals surface area contributed by atoms with Crippen molar-refractivity contribution < 1.29 is 0 Å². The van der Waals surface area contributed by atoms with Crippen LogP contribution in [0.15, 0.2) is 6.33 Å². The van der Waals surface area contributed by atoms with Gasteiger partial charge in [0.05, 0.1) is 0 Å². The van der Waals surface area contributed by atoms with E-state index in [0.29, 0.717) is 5.82 Å². The number of nitrogen functional groups attached to an aromatic ring is 1. The van der Waals surface area contributed by atoms with E-state index < -0.39 is 0 Å². The summed E-state index contributed by atoms with van der Waals surface area (Å²) in [5.41, 5.74) is 6.68. The molecule has 5 nitrogen and oxygen atoms in total. The van der Waals surface area contributed by atoms with Gasteiger partial charge in [-0.05, 0) is 34.9 Å². The Labute approximate surface area is 97.1 Å². The molecule has 90 valence electrons. The maximum absolute atomic E-state index is 5.72. The summed E-state index contributed by atoms with van der Waals surface area (Å²) < 4.78 is 0. The van der Waals surface area contributed by atoms with E-state index in [1.807, 2.05) is 6.92 Å². The molecule has 0 amide bonds. The van der Waals surface area contributed by atoms with Crippen molar-refractivity contribution in [2.45, 2.75) is 26.3 Å². The molecule has 3 N–H and O–H groups in total. The molecule has 0 atom stereocenters. The molecule has 0 radical (unpaired) electrons. The topological polar surface area (TPSA) is 67.1 Å². The second-order valence-corrected chi connectivity index (χ2v) is 4.79. The number of anilines is 2. The molecule has 1 aromatic heterocycles. The molecule has 16 heavy (non-hydrogen) atoms. The van der Waals surface area contributed by atoms with Crippen LogP contribution in [0.2, 0.25) is 0 Å². The van der Waals surface area contributed by atoms with Crippen LogP contribution in [-0.2, 0) is 0 Å². The second-order valence-electron chi connectivity index (χ2n) is 4.79. The summed E-state index contributed by atoms with van der Waals surface area (Å²) in [6.45, 7) is 7.05. The lowest BCUT2D eigenvalue weighted by Crippen LogP contribution is -2.44. The average molecular weight is 223 g/mol. The Morgan fingerprint density at radius 2 is 2.00 bits per heavy atom. The summed E-state index contributed by atoms with van der Waals surface area (Å²) in [5.74, 6) is 1.34. The first-order valence-corrected chi connectivity index (χ1v) is 5.33. The molecule has 1 aromatic rings. The van der Waals surface area contributed by atoms with Gasteiger partial charge < -0.3 is 16.0 Å². The highest BCUT2D eigenvalue weighted by Crippen LogP contribution is 2.17. The summed E-state index contributed by atoms with van der Waals surface area (Å²) in [6, 6.07) is 0. The van der Waals surface area contributed by atoms with E-state index in [-0.39, 0.29) is 5.54 Å². The van der Waals surface area contributed by atoms with E-state index in [1.54, 1.807) is 0 Å². The van der Waals surface area contributed by atoms with Crippen molar-refractivity contribution in [3.8, 4) is 0 Å². The van der Waals surface area contributed by atoms with Gasteiger partial charge in [-0.2, -0.15) is 0 Å². The summed E-state index contributed by atoms with van der Waals surface area (Å²) in [5, 5.41) is 3.30. The van der Waals surface area contributed by atoms with Gasteiger partial charge in [0, 0.05) is 17.6 Å². The van der Waals surface area contributed by atoms with Gasteiger partial charge in [-0.25, -0.2) is 9.97 Å². The van der Waals surface area contributed by atoms with Gasteiger partial charge in [0.25, 0.3) is 0 Å². The minimum absolute atomic E-state index is 0.0617. The zero-order valence-electron chi connectivity index (χ0n) is 10.7. The zero-order valence-corrected chi connectivity index (χ0v) is 10.7. The van der Waals surface area contributed by atoms with Gasteiger partial charge in [-0.15, -0.1) is 0 Å². The monoisotopic (exact) mass is 223 g/mol. The number of hydrogen-bond acceptors (Lipinski definition) is 5. The first kappa shape index (κ1) is 12.7. The fourth-order valence-electron chi connectivity index (χ4n) is 1.10. The van der Waals surface area contributed by atoms with Crippen molar-refractivity contribution in [1.29, 1.82) is 0 Å². The number of nitrogens with one attached hydrogen (secondary N) is 1. The molecule has 0 aliphatic rings. The third kappa shape index (κ3) is 2.82. The van der Waals surface area contributed by atoms with Crippen LogP contribution in [0, 0.1) is 6.92 Å². The molecular formula is C11H21N5. The number of likely N-dealkylation sites (N-methyl/N-ethyl adjacent to an activating group) is 1. The number of nitrogens with two attached hydrogens (primary N) is 1. The van der Waals surface area contributed by atoms with Crippen molar-refractivity contribution in [2.75, 3.05) is 31.7 Å². The molecule has 1 heterocycles. The Bertz CT molecular complexity index is 359. The SMILES string of the molecule is Cc1c(N)ncnc1NCC(C)(C)N(C)C. The lowest BCUT2D eigenvalue weighted by Gasteiger charge is -2.33. The van der Waals surface area contributed by atoms with Crippen molar-refractivity contribution in [1.82, 2.24) is 14.9 Å². The molecule has 0 aliphatic carbocycles. The van der Waals surface area contributed by atoms with Crippen LogP contribution in [0.4, 0.5) is 11.6 Å². The predicted octanol–water partition coefficient (Wildman–Crippen LogP) is 1.12. The second kappa shape index (κ2) is 4.65. The fraction of sp³-hybridized carbons (Fsp3) is 0.636. The van der Waals surface area contributed by atoms with Crippen LogP contribution in [0.1, 0.15) is 19.4 Å². The first-order valence-electron chi connectivity index (χ1n) is 5.33. The number of nitrogens with zero attached hydrogens (tertiary/aromatic N) is 3. The highest BCUT2D eigenvalue weighted by atomic mass is 15.2. The van der Waals surface area contributed by atoms with Crippen LogP contribution < -0.4 is 11.1 Å². The van der Waals surface area contributed by atoms with E-state index >= 15 is 0 Å². The number of hydrogen-bond donors (Lipinski definition) is 2. The predicted molar refractivity (Wildman–Crippen MR) is 67.4 cm³/mol. The summed E-state index contributed by atoms with van der Waals surface area (Å²) in [6.07, 6.45) is 1.48. The van der Waals surface area contributed by atoms with Crippen LogP contribution in [-0.4, -0.2) is 41.0 Å². The van der Waals surface area contributed by atoms with E-state index in [9.17, 15) is 0 Å². The standard InChI is InChI=1S/C11H21N5/c1-8-9(12)14-7-15-10(8)13-6-11(2,3)16(4)5/h7H,6H2,1-5H3,(H3,12,13,14,15). The Balaban J connectivity index is 2.72. The Hall–Kier alpha value is -1.36. The molecule has 0 bridgehead atoms. The molecule has 0 aliphatic heterocycles. The van der Waals surface area contributed by atoms with Crippen LogP contribution in [0.5, 0.6) is 0 Å². The third-order valence-corrected chi connectivity index (χ3v) is 3.02. The average Bonchev–Trinajstić information content (AvgIpc) is 2.20. The Morgan fingerprint density at radius 1 is 1.38 bits per heavy atom. The maximum Gasteiger partial charge on any atom is 0.134 e. The van der Waals surface area contributed by atoms with Crippen LogP contribution in [0.3, 0.4) is 0 Å². The highest BCUT2D eigenvalue weighted by Gasteiger charge is 2.20. The van der Waals surface area contributed by atoms with E-state index in [1.165, 1.54) is 6.33 Å². The van der Waals surface area contributed by atoms with Gasteiger partial charge in [-0.1, -0.05) is 0 Å². The first-order chi connectivity index (χ1) is 7.34. The molecule has 0 saturated heterocycles. The largest absolute Gasteiger partial charge is 0.383 e. The molecule has 0 aromatic carbocycles. The quantitative estimate of drug-likeness (QED) is 0.800. The summed E-state index contributed by atoms with van der Waals surface area (Å²) in [4.78, 5) is 10.3. The molecular weight excluding hydrogens is 202 g/mol. The van der Waals surface area contributed by atoms with Gasteiger partial charge in [-0.3, -0.25) is 0 Å². The smallest absolute Gasteiger partial charge is 0.134 e. The molecule has 0 saturated carbocycles.